The maximum Gasteiger partial charge on any atom is 0.225 e. The average Bonchev–Trinajstić information content (AvgIpc) is 2.61. The Morgan fingerprint density at radius 1 is 1.08 bits per heavy atom. The second kappa shape index (κ2) is 7.46. The van der Waals surface area contributed by atoms with Gasteiger partial charge in [0.2, 0.25) is 5.91 Å². The van der Waals surface area contributed by atoms with Crippen LogP contribution in [-0.2, 0) is 9.53 Å². The van der Waals surface area contributed by atoms with E-state index in [4.69, 9.17) is 10.5 Å². The van der Waals surface area contributed by atoms with Crippen LogP contribution in [0.25, 0.3) is 0 Å². The average molecular weight is 344 g/mol. The molecule has 1 amide bonds. The first-order chi connectivity index (χ1) is 11.8. The minimum atomic E-state index is -0.0472. The predicted molar refractivity (Wildman–Crippen MR) is 100 cm³/mol. The van der Waals surface area contributed by atoms with Crippen LogP contribution in [0.4, 0.5) is 0 Å². The molecule has 1 heterocycles. The van der Waals surface area contributed by atoms with Crippen molar-refractivity contribution in [1.82, 2.24) is 4.90 Å². The molecule has 0 spiro atoms. The Morgan fingerprint density at radius 2 is 1.72 bits per heavy atom. The Kier molecular flexibility index (Phi) is 5.49. The normalized spacial score (nSPS) is 31.0. The number of nitrogens with zero attached hydrogens (tertiary/aromatic N) is 1. The highest BCUT2D eigenvalue weighted by atomic mass is 16.5. The first-order valence-electron chi connectivity index (χ1n) is 9.59. The molecule has 2 N–H and O–H groups in total. The minimum Gasteiger partial charge on any atom is -0.366 e. The fraction of sp³-hybridized carbons (Fsp3) is 0.667. The molecule has 2 atom stereocenters. The Hall–Kier alpha value is -1.39. The number of morpholine rings is 1. The van der Waals surface area contributed by atoms with E-state index in [1.807, 2.05) is 18.2 Å². The smallest absolute Gasteiger partial charge is 0.225 e. The zero-order valence-electron chi connectivity index (χ0n) is 15.8. The van der Waals surface area contributed by atoms with Gasteiger partial charge in [-0.3, -0.25) is 4.79 Å². The van der Waals surface area contributed by atoms with Gasteiger partial charge in [-0.1, -0.05) is 51.1 Å². The monoisotopic (exact) mass is 344 g/mol. The number of nitrogens with two attached hydrogens (primary N) is 1. The Balaban J connectivity index is 1.76. The predicted octanol–water partition coefficient (Wildman–Crippen LogP) is 3.52. The van der Waals surface area contributed by atoms with Crippen LogP contribution >= 0.6 is 0 Å². The van der Waals surface area contributed by atoms with Gasteiger partial charge in [0.1, 0.15) is 6.10 Å². The van der Waals surface area contributed by atoms with Crippen LogP contribution in [0.2, 0.25) is 0 Å². The van der Waals surface area contributed by atoms with E-state index < -0.39 is 0 Å². The number of ether oxygens (including phenoxy) is 1. The second-order valence-electron chi connectivity index (χ2n) is 8.74. The van der Waals surface area contributed by atoms with Crippen LogP contribution < -0.4 is 5.73 Å². The lowest BCUT2D eigenvalue weighted by Gasteiger charge is -2.44. The summed E-state index contributed by atoms with van der Waals surface area (Å²) in [6.07, 6.45) is 3.77. The molecule has 0 unspecified atom stereocenters. The lowest BCUT2D eigenvalue weighted by molar-refractivity contribution is -0.161. The zero-order valence-corrected chi connectivity index (χ0v) is 15.8. The van der Waals surface area contributed by atoms with Crippen molar-refractivity contribution in [2.24, 2.45) is 17.1 Å². The summed E-state index contributed by atoms with van der Waals surface area (Å²) in [6.45, 7) is 7.90. The van der Waals surface area contributed by atoms with Gasteiger partial charge in [-0.05, 0) is 36.7 Å². The first-order valence-corrected chi connectivity index (χ1v) is 9.59. The third-order valence-electron chi connectivity index (χ3n) is 5.67. The molecule has 1 aliphatic heterocycles. The van der Waals surface area contributed by atoms with Crippen molar-refractivity contribution in [1.29, 1.82) is 0 Å². The summed E-state index contributed by atoms with van der Waals surface area (Å²) in [5.74, 6) is 0.431. The molecule has 0 aromatic heterocycles. The molecular weight excluding hydrogens is 312 g/mol. The standard InChI is InChI=1S/C21H32N2O2/c1-21(2,3)19-14-23(20(24)16-9-11-17(22)12-10-16)13-18(25-19)15-7-5-4-6-8-15/h4-8,16-19H,9-14,22H2,1-3H3/t16?,17?,18-,19+/m0/s1. The number of benzene rings is 1. The zero-order chi connectivity index (χ0) is 18.0. The van der Waals surface area contributed by atoms with E-state index in [2.05, 4.69) is 37.8 Å². The molecule has 2 aliphatic rings. The topological polar surface area (TPSA) is 55.6 Å². The van der Waals surface area contributed by atoms with Gasteiger partial charge in [-0.2, -0.15) is 0 Å². The van der Waals surface area contributed by atoms with Gasteiger partial charge < -0.3 is 15.4 Å². The van der Waals surface area contributed by atoms with E-state index in [9.17, 15) is 4.79 Å². The quantitative estimate of drug-likeness (QED) is 0.893. The van der Waals surface area contributed by atoms with Crippen LogP contribution in [0.5, 0.6) is 0 Å². The first kappa shape index (κ1) is 18.4. The maximum atomic E-state index is 13.1. The van der Waals surface area contributed by atoms with Gasteiger partial charge >= 0.3 is 0 Å². The van der Waals surface area contributed by atoms with Crippen LogP contribution in [0.1, 0.15) is 58.1 Å². The molecule has 0 radical (unpaired) electrons. The summed E-state index contributed by atoms with van der Waals surface area (Å²) in [4.78, 5) is 15.2. The Bertz CT molecular complexity index is 573. The molecule has 25 heavy (non-hydrogen) atoms. The molecule has 138 valence electrons. The highest BCUT2D eigenvalue weighted by Gasteiger charge is 2.39. The molecule has 4 heteroatoms. The molecule has 3 rings (SSSR count). The summed E-state index contributed by atoms with van der Waals surface area (Å²) in [7, 11) is 0. The summed E-state index contributed by atoms with van der Waals surface area (Å²) >= 11 is 0. The lowest BCUT2D eigenvalue weighted by atomic mass is 9.84. The van der Waals surface area contributed by atoms with Gasteiger partial charge in [0.25, 0.3) is 0 Å². The van der Waals surface area contributed by atoms with E-state index in [0.29, 0.717) is 19.0 Å². The molecule has 0 bridgehead atoms. The Morgan fingerprint density at radius 3 is 2.32 bits per heavy atom. The molecule has 1 aromatic carbocycles. The summed E-state index contributed by atoms with van der Waals surface area (Å²) in [5.41, 5.74) is 7.16. The van der Waals surface area contributed by atoms with Crippen LogP contribution in [-0.4, -0.2) is 36.0 Å². The fourth-order valence-electron chi connectivity index (χ4n) is 3.89. The number of rotatable bonds is 2. The number of hydrogen-bond acceptors (Lipinski definition) is 3. The van der Waals surface area contributed by atoms with Crippen molar-refractivity contribution < 1.29 is 9.53 Å². The number of carbonyl (C=O) groups is 1. The largest absolute Gasteiger partial charge is 0.366 e. The molecule has 1 aromatic rings. The van der Waals surface area contributed by atoms with E-state index in [0.717, 1.165) is 31.2 Å². The molecule has 1 saturated carbocycles. The number of carbonyl (C=O) groups excluding carboxylic acids is 1. The van der Waals surface area contributed by atoms with Crippen molar-refractivity contribution in [2.45, 2.75) is 64.7 Å². The summed E-state index contributed by atoms with van der Waals surface area (Å²) in [5, 5.41) is 0. The molecular formula is C21H32N2O2. The second-order valence-corrected chi connectivity index (χ2v) is 8.74. The van der Waals surface area contributed by atoms with Crippen molar-refractivity contribution in [3.63, 3.8) is 0 Å². The van der Waals surface area contributed by atoms with E-state index >= 15 is 0 Å². The van der Waals surface area contributed by atoms with E-state index in [1.165, 1.54) is 0 Å². The highest BCUT2D eigenvalue weighted by Crippen LogP contribution is 2.35. The van der Waals surface area contributed by atoms with Crippen LogP contribution in [0, 0.1) is 11.3 Å². The van der Waals surface area contributed by atoms with E-state index in [-0.39, 0.29) is 29.6 Å². The van der Waals surface area contributed by atoms with Crippen molar-refractivity contribution in [3.8, 4) is 0 Å². The Labute approximate surface area is 151 Å². The minimum absolute atomic E-state index is 0.000892. The highest BCUT2D eigenvalue weighted by molar-refractivity contribution is 5.79. The van der Waals surface area contributed by atoms with Crippen molar-refractivity contribution in [2.75, 3.05) is 13.1 Å². The van der Waals surface area contributed by atoms with Gasteiger partial charge in [0.05, 0.1) is 12.6 Å². The van der Waals surface area contributed by atoms with Crippen molar-refractivity contribution in [3.05, 3.63) is 35.9 Å². The summed E-state index contributed by atoms with van der Waals surface area (Å²) < 4.78 is 6.41. The molecule has 2 fully saturated rings. The van der Waals surface area contributed by atoms with E-state index in [1.54, 1.807) is 0 Å². The number of amides is 1. The summed E-state index contributed by atoms with van der Waals surface area (Å²) in [6, 6.07) is 10.5. The lowest BCUT2D eigenvalue weighted by Crippen LogP contribution is -2.53. The van der Waals surface area contributed by atoms with Crippen LogP contribution in [0.3, 0.4) is 0 Å². The third-order valence-corrected chi connectivity index (χ3v) is 5.67. The molecule has 1 aliphatic carbocycles. The number of hydrogen-bond donors (Lipinski definition) is 1. The van der Waals surface area contributed by atoms with Gasteiger partial charge in [-0.15, -0.1) is 0 Å². The fourth-order valence-corrected chi connectivity index (χ4v) is 3.89. The van der Waals surface area contributed by atoms with Gasteiger partial charge in [0, 0.05) is 18.5 Å². The van der Waals surface area contributed by atoms with Crippen molar-refractivity contribution >= 4 is 5.91 Å². The third kappa shape index (κ3) is 4.42. The maximum absolute atomic E-state index is 13.1. The SMILES string of the molecule is CC(C)(C)[C@H]1CN(C(=O)C2CCC(N)CC2)C[C@@H](c2ccccc2)O1. The van der Waals surface area contributed by atoms with Gasteiger partial charge in [0.15, 0.2) is 0 Å². The molecule has 4 nitrogen and oxygen atoms in total. The molecule has 1 saturated heterocycles. The van der Waals surface area contributed by atoms with Crippen LogP contribution in [0.15, 0.2) is 30.3 Å². The van der Waals surface area contributed by atoms with Gasteiger partial charge in [-0.25, -0.2) is 0 Å².